The van der Waals surface area contributed by atoms with Crippen LogP contribution in [0.4, 0.5) is 0 Å². The van der Waals surface area contributed by atoms with Gasteiger partial charge in [0, 0.05) is 18.6 Å². The lowest BCUT2D eigenvalue weighted by Crippen LogP contribution is -2.48. The first kappa shape index (κ1) is 17.0. The molecule has 2 heteroatoms. The highest BCUT2D eigenvalue weighted by Gasteiger charge is 2.25. The number of rotatable bonds is 8. The van der Waals surface area contributed by atoms with Crippen LogP contribution in [0.2, 0.25) is 0 Å². The van der Waals surface area contributed by atoms with Crippen molar-refractivity contribution >= 4 is 0 Å². The van der Waals surface area contributed by atoms with Crippen molar-refractivity contribution in [3.05, 3.63) is 0 Å². The van der Waals surface area contributed by atoms with Crippen molar-refractivity contribution in [1.29, 1.82) is 0 Å². The minimum atomic E-state index is 0.675. The standard InChI is InChI=1S/C17H36N2/c1-6-12-18-17(16-10-8-7-9-11-16)13-19(5)15(4)14(2)3/h14-18H,6-13H2,1-5H3. The zero-order valence-corrected chi connectivity index (χ0v) is 13.9. The lowest BCUT2D eigenvalue weighted by Gasteiger charge is -2.37. The van der Waals surface area contributed by atoms with Gasteiger partial charge in [0.15, 0.2) is 0 Å². The first-order valence-electron chi connectivity index (χ1n) is 8.49. The van der Waals surface area contributed by atoms with Crippen molar-refractivity contribution in [3.8, 4) is 0 Å². The Morgan fingerprint density at radius 1 is 1.11 bits per heavy atom. The molecule has 0 heterocycles. The van der Waals surface area contributed by atoms with Gasteiger partial charge in [-0.2, -0.15) is 0 Å². The smallest absolute Gasteiger partial charge is 0.0223 e. The molecule has 0 aromatic carbocycles. The molecule has 1 fully saturated rings. The van der Waals surface area contributed by atoms with Gasteiger partial charge in [-0.1, -0.05) is 40.0 Å². The monoisotopic (exact) mass is 268 g/mol. The van der Waals surface area contributed by atoms with Crippen LogP contribution in [0.25, 0.3) is 0 Å². The summed E-state index contributed by atoms with van der Waals surface area (Å²) in [5.74, 6) is 1.64. The third-order valence-electron chi connectivity index (χ3n) is 5.02. The summed E-state index contributed by atoms with van der Waals surface area (Å²) in [6, 6.07) is 1.38. The van der Waals surface area contributed by atoms with E-state index < -0.39 is 0 Å². The summed E-state index contributed by atoms with van der Waals surface area (Å²) in [7, 11) is 2.30. The van der Waals surface area contributed by atoms with Gasteiger partial charge < -0.3 is 10.2 Å². The lowest BCUT2D eigenvalue weighted by molar-refractivity contribution is 0.152. The fourth-order valence-electron chi connectivity index (χ4n) is 3.23. The van der Waals surface area contributed by atoms with Crippen LogP contribution in [0.15, 0.2) is 0 Å². The highest BCUT2D eigenvalue weighted by Crippen LogP contribution is 2.27. The van der Waals surface area contributed by atoms with E-state index in [9.17, 15) is 0 Å². The average molecular weight is 268 g/mol. The van der Waals surface area contributed by atoms with Crippen molar-refractivity contribution in [2.24, 2.45) is 11.8 Å². The van der Waals surface area contributed by atoms with Crippen molar-refractivity contribution < 1.29 is 0 Å². The summed E-state index contributed by atoms with van der Waals surface area (Å²) in [5, 5.41) is 3.82. The molecule has 0 radical (unpaired) electrons. The van der Waals surface area contributed by atoms with E-state index in [0.717, 1.165) is 11.8 Å². The van der Waals surface area contributed by atoms with E-state index in [1.54, 1.807) is 0 Å². The summed E-state index contributed by atoms with van der Waals surface area (Å²) in [5.41, 5.74) is 0. The van der Waals surface area contributed by atoms with E-state index in [1.807, 2.05) is 0 Å². The molecular formula is C17H36N2. The predicted molar refractivity (Wildman–Crippen MR) is 85.6 cm³/mol. The minimum Gasteiger partial charge on any atom is -0.312 e. The Morgan fingerprint density at radius 2 is 1.74 bits per heavy atom. The second-order valence-electron chi connectivity index (χ2n) is 6.88. The molecule has 2 unspecified atom stereocenters. The fraction of sp³-hybridized carbons (Fsp3) is 1.00. The number of hydrogen-bond donors (Lipinski definition) is 1. The Morgan fingerprint density at radius 3 is 2.26 bits per heavy atom. The van der Waals surface area contributed by atoms with E-state index >= 15 is 0 Å². The van der Waals surface area contributed by atoms with Crippen LogP contribution in [0.3, 0.4) is 0 Å². The molecule has 1 saturated carbocycles. The van der Waals surface area contributed by atoms with Gasteiger partial charge >= 0.3 is 0 Å². The number of likely N-dealkylation sites (N-methyl/N-ethyl adjacent to an activating group) is 1. The third kappa shape index (κ3) is 5.83. The number of hydrogen-bond acceptors (Lipinski definition) is 2. The molecule has 0 saturated heterocycles. The second kappa shape index (κ2) is 8.97. The molecule has 2 atom stereocenters. The van der Waals surface area contributed by atoms with E-state index in [4.69, 9.17) is 0 Å². The molecule has 0 aromatic rings. The average Bonchev–Trinajstić information content (AvgIpc) is 2.43. The Bertz CT molecular complexity index is 221. The molecule has 1 rings (SSSR count). The second-order valence-corrected chi connectivity index (χ2v) is 6.88. The Balaban J connectivity index is 2.52. The zero-order chi connectivity index (χ0) is 14.3. The molecule has 1 aliphatic carbocycles. The summed E-state index contributed by atoms with van der Waals surface area (Å²) in [4.78, 5) is 2.56. The summed E-state index contributed by atoms with van der Waals surface area (Å²) in [6.07, 6.45) is 8.45. The molecule has 0 bridgehead atoms. The maximum Gasteiger partial charge on any atom is 0.0223 e. The lowest BCUT2D eigenvalue weighted by atomic mass is 9.83. The van der Waals surface area contributed by atoms with E-state index in [1.165, 1.54) is 51.6 Å². The minimum absolute atomic E-state index is 0.675. The summed E-state index contributed by atoms with van der Waals surface area (Å²) >= 11 is 0. The van der Waals surface area contributed by atoms with Gasteiger partial charge in [0.2, 0.25) is 0 Å². The molecule has 0 spiro atoms. The Labute approximate surface area is 121 Å². The number of nitrogens with one attached hydrogen (secondary N) is 1. The Kier molecular flexibility index (Phi) is 8.01. The molecule has 2 nitrogen and oxygen atoms in total. The van der Waals surface area contributed by atoms with Gasteiger partial charge in [-0.25, -0.2) is 0 Å². The van der Waals surface area contributed by atoms with Gasteiger partial charge in [0.1, 0.15) is 0 Å². The van der Waals surface area contributed by atoms with E-state index in [2.05, 4.69) is 45.0 Å². The molecule has 0 aromatic heterocycles. The SMILES string of the molecule is CCCNC(CN(C)C(C)C(C)C)C1CCCCC1. The van der Waals surface area contributed by atoms with Crippen LogP contribution < -0.4 is 5.32 Å². The van der Waals surface area contributed by atoms with Gasteiger partial charge in [-0.15, -0.1) is 0 Å². The quantitative estimate of drug-likeness (QED) is 0.718. The van der Waals surface area contributed by atoms with Crippen molar-refractivity contribution in [1.82, 2.24) is 10.2 Å². The van der Waals surface area contributed by atoms with Crippen LogP contribution in [0.5, 0.6) is 0 Å². The van der Waals surface area contributed by atoms with Gasteiger partial charge in [0.25, 0.3) is 0 Å². The molecule has 114 valence electrons. The normalized spacial score (nSPS) is 21.0. The summed E-state index contributed by atoms with van der Waals surface area (Å²) in [6.45, 7) is 11.7. The first-order chi connectivity index (χ1) is 9.06. The predicted octanol–water partition coefficient (Wildman–Crippen LogP) is 3.91. The van der Waals surface area contributed by atoms with Crippen molar-refractivity contribution in [2.45, 2.75) is 78.3 Å². The van der Waals surface area contributed by atoms with Crippen LogP contribution in [0.1, 0.15) is 66.2 Å². The van der Waals surface area contributed by atoms with Crippen LogP contribution in [-0.2, 0) is 0 Å². The maximum atomic E-state index is 3.82. The third-order valence-corrected chi connectivity index (χ3v) is 5.02. The van der Waals surface area contributed by atoms with Gasteiger partial charge in [0.05, 0.1) is 0 Å². The summed E-state index contributed by atoms with van der Waals surface area (Å²) < 4.78 is 0. The fourth-order valence-corrected chi connectivity index (χ4v) is 3.23. The topological polar surface area (TPSA) is 15.3 Å². The Hall–Kier alpha value is -0.0800. The molecule has 0 aliphatic heterocycles. The number of nitrogens with zero attached hydrogens (tertiary/aromatic N) is 1. The largest absolute Gasteiger partial charge is 0.312 e. The van der Waals surface area contributed by atoms with E-state index in [-0.39, 0.29) is 0 Å². The zero-order valence-electron chi connectivity index (χ0n) is 13.9. The molecule has 1 N–H and O–H groups in total. The highest BCUT2D eigenvalue weighted by molar-refractivity contribution is 4.83. The maximum absolute atomic E-state index is 3.82. The van der Waals surface area contributed by atoms with Crippen molar-refractivity contribution in [2.75, 3.05) is 20.1 Å². The van der Waals surface area contributed by atoms with Crippen molar-refractivity contribution in [3.63, 3.8) is 0 Å². The van der Waals surface area contributed by atoms with Gasteiger partial charge in [-0.3, -0.25) is 0 Å². The molecule has 0 amide bonds. The van der Waals surface area contributed by atoms with Crippen LogP contribution >= 0.6 is 0 Å². The first-order valence-corrected chi connectivity index (χ1v) is 8.49. The van der Waals surface area contributed by atoms with E-state index in [0.29, 0.717) is 12.1 Å². The van der Waals surface area contributed by atoms with Crippen LogP contribution in [-0.4, -0.2) is 37.1 Å². The van der Waals surface area contributed by atoms with Crippen LogP contribution in [0, 0.1) is 11.8 Å². The molecule has 19 heavy (non-hydrogen) atoms. The van der Waals surface area contributed by atoms with Gasteiger partial charge in [-0.05, 0) is 51.6 Å². The molecule has 1 aliphatic rings. The molecular weight excluding hydrogens is 232 g/mol. The highest BCUT2D eigenvalue weighted by atomic mass is 15.2.